The lowest BCUT2D eigenvalue weighted by atomic mass is 9.96. The van der Waals surface area contributed by atoms with Crippen LogP contribution in [0.5, 0.6) is 0 Å². The molecule has 2 aliphatic rings. The van der Waals surface area contributed by atoms with Crippen LogP contribution in [0.2, 0.25) is 5.02 Å². The van der Waals surface area contributed by atoms with Crippen LogP contribution in [0.1, 0.15) is 17.2 Å². The van der Waals surface area contributed by atoms with Crippen molar-refractivity contribution >= 4 is 40.7 Å². The number of nitrogens with one attached hydrogen (secondary N) is 1. The first kappa shape index (κ1) is 22.7. The van der Waals surface area contributed by atoms with Crippen molar-refractivity contribution in [3.8, 4) is 0 Å². The van der Waals surface area contributed by atoms with Crippen molar-refractivity contribution in [1.82, 2.24) is 4.90 Å². The molecule has 1 fully saturated rings. The van der Waals surface area contributed by atoms with Crippen LogP contribution in [0.3, 0.4) is 0 Å². The fourth-order valence-electron chi connectivity index (χ4n) is 4.88. The predicted octanol–water partition coefficient (Wildman–Crippen LogP) is 3.65. The van der Waals surface area contributed by atoms with E-state index in [9.17, 15) is 9.59 Å². The molecule has 2 aliphatic heterocycles. The van der Waals surface area contributed by atoms with Gasteiger partial charge in [-0.2, -0.15) is 0 Å². The molecule has 0 saturated carbocycles. The minimum absolute atomic E-state index is 0.0453. The molecule has 7 heteroatoms. The maximum absolute atomic E-state index is 13.3. The number of anilines is 1. The van der Waals surface area contributed by atoms with Crippen molar-refractivity contribution in [2.75, 3.05) is 31.1 Å². The summed E-state index contributed by atoms with van der Waals surface area (Å²) in [5.41, 5.74) is 3.13. The highest BCUT2D eigenvalue weighted by molar-refractivity contribution is 6.53. The van der Waals surface area contributed by atoms with Gasteiger partial charge >= 0.3 is 0 Å². The molecule has 0 radical (unpaired) electrons. The lowest BCUT2D eigenvalue weighted by molar-refractivity contribution is -0.929. The van der Waals surface area contributed by atoms with Gasteiger partial charge in [0, 0.05) is 11.1 Å². The molecule has 34 heavy (non-hydrogen) atoms. The Hall–Kier alpha value is -3.12. The smallest absolute Gasteiger partial charge is 0.283 e. The van der Waals surface area contributed by atoms with Gasteiger partial charge in [-0.1, -0.05) is 96.0 Å². The standard InChI is InChI=1S/C27H23Cl2N3O2/c28-21-13-7-8-14-22(21)32-26(33)23(29)25(27(32)34)31-17-15-30(16-18-31)24(19-9-3-1-4-10-19)20-11-5-2-6-12-20/h1-14,24H,15-18H2/p+1. The Labute approximate surface area is 208 Å². The van der Waals surface area contributed by atoms with E-state index in [4.69, 9.17) is 23.2 Å². The van der Waals surface area contributed by atoms with Gasteiger partial charge in [-0.3, -0.25) is 9.59 Å². The van der Waals surface area contributed by atoms with E-state index in [1.165, 1.54) is 16.0 Å². The van der Waals surface area contributed by atoms with Gasteiger partial charge in [0.15, 0.2) is 0 Å². The number of rotatable bonds is 5. The molecule has 0 atom stereocenters. The zero-order valence-electron chi connectivity index (χ0n) is 18.5. The molecule has 2 heterocycles. The molecular formula is C27H24Cl2N3O2+. The molecule has 2 amide bonds. The van der Waals surface area contributed by atoms with Crippen LogP contribution in [0.25, 0.3) is 0 Å². The monoisotopic (exact) mass is 492 g/mol. The summed E-state index contributed by atoms with van der Waals surface area (Å²) in [5, 5.41) is 0.286. The van der Waals surface area contributed by atoms with E-state index in [-0.39, 0.29) is 16.8 Å². The summed E-state index contributed by atoms with van der Waals surface area (Å²) in [5.74, 6) is -0.954. The third-order valence-electron chi connectivity index (χ3n) is 6.49. The molecule has 0 aromatic heterocycles. The van der Waals surface area contributed by atoms with E-state index in [0.717, 1.165) is 18.0 Å². The number of carbonyl (C=O) groups excluding carboxylic acids is 2. The van der Waals surface area contributed by atoms with E-state index in [2.05, 4.69) is 48.5 Å². The summed E-state index contributed by atoms with van der Waals surface area (Å²) in [6, 6.07) is 28.0. The molecule has 3 aromatic rings. The molecular weight excluding hydrogens is 469 g/mol. The summed E-state index contributed by atoms with van der Waals surface area (Å²) in [6.45, 7) is 2.84. The van der Waals surface area contributed by atoms with E-state index >= 15 is 0 Å². The largest absolute Gasteiger partial charge is 0.354 e. The average Bonchev–Trinajstić information content (AvgIpc) is 3.09. The second kappa shape index (κ2) is 9.63. The van der Waals surface area contributed by atoms with E-state index in [1.54, 1.807) is 24.3 Å². The summed E-state index contributed by atoms with van der Waals surface area (Å²) in [7, 11) is 0. The maximum Gasteiger partial charge on any atom is 0.283 e. The van der Waals surface area contributed by atoms with Crippen LogP contribution < -0.4 is 9.80 Å². The number of halogens is 2. The summed E-state index contributed by atoms with van der Waals surface area (Å²) in [4.78, 5) is 30.6. The van der Waals surface area contributed by atoms with Gasteiger partial charge in [-0.25, -0.2) is 4.90 Å². The number of benzene rings is 3. The first-order chi connectivity index (χ1) is 16.6. The molecule has 172 valence electrons. The Morgan fingerprint density at radius 3 is 1.79 bits per heavy atom. The second-order valence-corrected chi connectivity index (χ2v) is 9.24. The number of amides is 2. The molecule has 0 bridgehead atoms. The summed E-state index contributed by atoms with van der Waals surface area (Å²) < 4.78 is 0. The third kappa shape index (κ3) is 4.11. The van der Waals surface area contributed by atoms with Crippen LogP contribution in [-0.4, -0.2) is 42.9 Å². The van der Waals surface area contributed by atoms with Crippen molar-refractivity contribution in [3.05, 3.63) is 112 Å². The number of para-hydroxylation sites is 1. The Bertz CT molecular complexity index is 1200. The SMILES string of the molecule is O=C1C(Cl)=C(N2CC[NH+](C(c3ccccc3)c3ccccc3)CC2)C(=O)N1c1ccccc1Cl. The van der Waals surface area contributed by atoms with E-state index in [1.807, 2.05) is 17.0 Å². The minimum Gasteiger partial charge on any atom is -0.354 e. The van der Waals surface area contributed by atoms with Gasteiger partial charge in [-0.15, -0.1) is 0 Å². The second-order valence-electron chi connectivity index (χ2n) is 8.46. The molecule has 0 unspecified atom stereocenters. The molecule has 1 saturated heterocycles. The fraction of sp³-hybridized carbons (Fsp3) is 0.185. The first-order valence-electron chi connectivity index (χ1n) is 11.3. The van der Waals surface area contributed by atoms with Crippen molar-refractivity contribution in [1.29, 1.82) is 0 Å². The quantitative estimate of drug-likeness (QED) is 0.552. The van der Waals surface area contributed by atoms with Gasteiger partial charge in [0.1, 0.15) is 16.8 Å². The van der Waals surface area contributed by atoms with Gasteiger partial charge in [0.2, 0.25) is 0 Å². The van der Waals surface area contributed by atoms with Crippen molar-refractivity contribution in [2.24, 2.45) is 0 Å². The first-order valence-corrected chi connectivity index (χ1v) is 12.0. The number of hydrogen-bond donors (Lipinski definition) is 1. The Morgan fingerprint density at radius 2 is 1.24 bits per heavy atom. The summed E-state index contributed by atoms with van der Waals surface area (Å²) in [6.07, 6.45) is 0. The molecule has 0 aliphatic carbocycles. The van der Waals surface area contributed by atoms with E-state index in [0.29, 0.717) is 23.8 Å². The minimum atomic E-state index is -0.531. The van der Waals surface area contributed by atoms with Crippen LogP contribution in [0.4, 0.5) is 5.69 Å². The zero-order valence-corrected chi connectivity index (χ0v) is 20.0. The number of hydrogen-bond acceptors (Lipinski definition) is 3. The number of quaternary nitrogens is 1. The zero-order chi connectivity index (χ0) is 23.7. The van der Waals surface area contributed by atoms with E-state index < -0.39 is 11.8 Å². The maximum atomic E-state index is 13.3. The highest BCUT2D eigenvalue weighted by Crippen LogP contribution is 2.34. The Balaban J connectivity index is 1.37. The van der Waals surface area contributed by atoms with Gasteiger partial charge in [0.05, 0.1) is 36.9 Å². The normalized spacial score (nSPS) is 17.3. The molecule has 5 nitrogen and oxygen atoms in total. The molecule has 1 N–H and O–H groups in total. The van der Waals surface area contributed by atoms with Crippen molar-refractivity contribution < 1.29 is 14.5 Å². The molecule has 0 spiro atoms. The average molecular weight is 493 g/mol. The highest BCUT2D eigenvalue weighted by atomic mass is 35.5. The van der Waals surface area contributed by atoms with Crippen molar-refractivity contribution in [2.45, 2.75) is 6.04 Å². The van der Waals surface area contributed by atoms with Crippen LogP contribution in [0.15, 0.2) is 95.7 Å². The lowest BCUT2D eigenvalue weighted by Crippen LogP contribution is -3.15. The lowest BCUT2D eigenvalue weighted by Gasteiger charge is -2.38. The topological polar surface area (TPSA) is 45.1 Å². The fourth-order valence-corrected chi connectivity index (χ4v) is 5.38. The van der Waals surface area contributed by atoms with Gasteiger partial charge in [-0.05, 0) is 12.1 Å². The number of imide groups is 1. The highest BCUT2D eigenvalue weighted by Gasteiger charge is 2.43. The number of nitrogens with zero attached hydrogens (tertiary/aromatic N) is 2. The Kier molecular flexibility index (Phi) is 6.42. The number of piperazine rings is 1. The van der Waals surface area contributed by atoms with Crippen molar-refractivity contribution in [3.63, 3.8) is 0 Å². The predicted molar refractivity (Wildman–Crippen MR) is 134 cm³/mol. The van der Waals surface area contributed by atoms with Crippen LogP contribution in [0, 0.1) is 0 Å². The van der Waals surface area contributed by atoms with Crippen LogP contribution in [-0.2, 0) is 9.59 Å². The van der Waals surface area contributed by atoms with Gasteiger partial charge in [0.25, 0.3) is 11.8 Å². The van der Waals surface area contributed by atoms with Crippen LogP contribution >= 0.6 is 23.2 Å². The molecule has 3 aromatic carbocycles. The van der Waals surface area contributed by atoms with Gasteiger partial charge < -0.3 is 9.80 Å². The third-order valence-corrected chi connectivity index (χ3v) is 7.15. The molecule has 5 rings (SSSR count). The summed E-state index contributed by atoms with van der Waals surface area (Å²) >= 11 is 12.7. The number of carbonyl (C=O) groups is 2. The Morgan fingerprint density at radius 1 is 0.706 bits per heavy atom.